The van der Waals surface area contributed by atoms with Gasteiger partial charge in [0, 0.05) is 12.8 Å². The van der Waals surface area contributed by atoms with E-state index in [-0.39, 0.29) is 18.5 Å². The van der Waals surface area contributed by atoms with Gasteiger partial charge in [0.05, 0.1) is 0 Å². The molecule has 222 valence electrons. The second-order valence-corrected chi connectivity index (χ2v) is 10.3. The summed E-state index contributed by atoms with van der Waals surface area (Å²) in [5, 5.41) is 8.76. The van der Waals surface area contributed by atoms with Gasteiger partial charge in [-0.1, -0.05) is 107 Å². The quantitative estimate of drug-likeness (QED) is 0.0637. The van der Waals surface area contributed by atoms with Crippen LogP contribution in [0, 0.1) is 0 Å². The fourth-order valence-corrected chi connectivity index (χ4v) is 4.14. The maximum Gasteiger partial charge on any atom is 0.306 e. The first-order valence-electron chi connectivity index (χ1n) is 15.8. The highest BCUT2D eigenvalue weighted by Crippen LogP contribution is 2.14. The summed E-state index contributed by atoms with van der Waals surface area (Å²) < 4.78 is 5.79. The predicted molar refractivity (Wildman–Crippen MR) is 167 cm³/mol. The molecule has 0 spiro atoms. The van der Waals surface area contributed by atoms with Crippen molar-refractivity contribution in [3.63, 3.8) is 0 Å². The highest BCUT2D eigenvalue weighted by Gasteiger charge is 2.11. The van der Waals surface area contributed by atoms with E-state index < -0.39 is 5.97 Å². The molecule has 0 aromatic heterocycles. The Balaban J connectivity index is 3.99. The van der Waals surface area contributed by atoms with Crippen LogP contribution in [0.2, 0.25) is 0 Å². The smallest absolute Gasteiger partial charge is 0.306 e. The van der Waals surface area contributed by atoms with Crippen LogP contribution in [0.4, 0.5) is 0 Å². The Morgan fingerprint density at radius 1 is 0.615 bits per heavy atom. The number of aliphatic carboxylic acids is 1. The van der Waals surface area contributed by atoms with Crippen molar-refractivity contribution in [2.75, 3.05) is 0 Å². The molecule has 0 heterocycles. The molecule has 0 saturated heterocycles. The Labute approximate surface area is 240 Å². The molecular weight excluding hydrogens is 484 g/mol. The van der Waals surface area contributed by atoms with Gasteiger partial charge in [0.25, 0.3) is 0 Å². The Kier molecular flexibility index (Phi) is 28.4. The zero-order valence-electron chi connectivity index (χ0n) is 25.2. The lowest BCUT2D eigenvalue weighted by molar-refractivity contribution is -0.147. The Hall–Kier alpha value is -2.36. The molecule has 39 heavy (non-hydrogen) atoms. The lowest BCUT2D eigenvalue weighted by atomic mass is 10.1. The van der Waals surface area contributed by atoms with Gasteiger partial charge >= 0.3 is 11.9 Å². The summed E-state index contributed by atoms with van der Waals surface area (Å²) in [4.78, 5) is 23.1. The molecule has 0 fully saturated rings. The van der Waals surface area contributed by atoms with Crippen LogP contribution in [0.25, 0.3) is 0 Å². The number of allylic oxidation sites excluding steroid dienone is 9. The molecule has 0 aliphatic heterocycles. The van der Waals surface area contributed by atoms with Gasteiger partial charge in [-0.3, -0.25) is 9.59 Å². The molecule has 0 bridgehead atoms. The summed E-state index contributed by atoms with van der Waals surface area (Å²) in [6.07, 6.45) is 41.0. The van der Waals surface area contributed by atoms with E-state index in [1.54, 1.807) is 0 Å². The van der Waals surface area contributed by atoms with Crippen LogP contribution in [0.3, 0.4) is 0 Å². The zero-order valence-corrected chi connectivity index (χ0v) is 25.2. The molecule has 1 atom stereocenters. The van der Waals surface area contributed by atoms with Gasteiger partial charge in [-0.05, 0) is 83.1 Å². The zero-order chi connectivity index (χ0) is 28.7. The molecule has 0 amide bonds. The largest absolute Gasteiger partial charge is 0.481 e. The minimum atomic E-state index is -0.730. The highest BCUT2D eigenvalue weighted by atomic mass is 16.5. The molecule has 0 rings (SSSR count). The normalized spacial score (nSPS) is 13.1. The van der Waals surface area contributed by atoms with E-state index >= 15 is 0 Å². The first kappa shape index (κ1) is 36.6. The minimum Gasteiger partial charge on any atom is -0.481 e. The van der Waals surface area contributed by atoms with Gasteiger partial charge in [0.2, 0.25) is 0 Å². The number of carbonyl (C=O) groups is 2. The molecule has 4 heteroatoms. The van der Waals surface area contributed by atoms with Crippen LogP contribution in [-0.2, 0) is 14.3 Å². The molecule has 0 saturated carbocycles. The van der Waals surface area contributed by atoms with Crippen molar-refractivity contribution in [2.24, 2.45) is 0 Å². The van der Waals surface area contributed by atoms with Crippen LogP contribution in [0.1, 0.15) is 142 Å². The SMILES string of the molecule is CC/C=C\C/C=C\C/C=C\C/C=C\CCCCCCC(=O)OC(/C=C\CCCCC)CCCCCCC(=O)O. The summed E-state index contributed by atoms with van der Waals surface area (Å²) >= 11 is 0. The topological polar surface area (TPSA) is 63.6 Å². The third-order valence-electron chi connectivity index (χ3n) is 6.46. The molecule has 0 aromatic carbocycles. The number of esters is 1. The monoisotopic (exact) mass is 542 g/mol. The number of carbonyl (C=O) groups excluding carboxylic acids is 1. The molecule has 0 aliphatic rings. The summed E-state index contributed by atoms with van der Waals surface area (Å²) in [5.41, 5.74) is 0. The van der Waals surface area contributed by atoms with E-state index in [4.69, 9.17) is 9.84 Å². The number of carboxylic acid groups (broad SMARTS) is 1. The summed E-state index contributed by atoms with van der Waals surface area (Å²) in [6, 6.07) is 0. The van der Waals surface area contributed by atoms with Gasteiger partial charge in [-0.15, -0.1) is 0 Å². The molecule has 1 N–H and O–H groups in total. The van der Waals surface area contributed by atoms with Gasteiger partial charge < -0.3 is 9.84 Å². The molecule has 1 unspecified atom stereocenters. The molecule has 0 aromatic rings. The van der Waals surface area contributed by atoms with Gasteiger partial charge in [0.15, 0.2) is 0 Å². The molecule has 0 radical (unpaired) electrons. The van der Waals surface area contributed by atoms with Crippen molar-refractivity contribution in [3.05, 3.63) is 60.8 Å². The predicted octanol–water partition coefficient (Wildman–Crippen LogP) is 10.6. The third-order valence-corrected chi connectivity index (χ3v) is 6.46. The van der Waals surface area contributed by atoms with Gasteiger partial charge in [-0.25, -0.2) is 0 Å². The lowest BCUT2D eigenvalue weighted by Gasteiger charge is -2.15. The summed E-state index contributed by atoms with van der Waals surface area (Å²) in [7, 11) is 0. The van der Waals surface area contributed by atoms with Crippen LogP contribution >= 0.6 is 0 Å². The van der Waals surface area contributed by atoms with Gasteiger partial charge in [-0.2, -0.15) is 0 Å². The van der Waals surface area contributed by atoms with E-state index in [1.807, 2.05) is 0 Å². The van der Waals surface area contributed by atoms with Crippen molar-refractivity contribution in [2.45, 2.75) is 148 Å². The van der Waals surface area contributed by atoms with Crippen molar-refractivity contribution in [1.29, 1.82) is 0 Å². The first-order chi connectivity index (χ1) is 19.1. The number of rotatable bonds is 27. The van der Waals surface area contributed by atoms with Crippen LogP contribution in [-0.4, -0.2) is 23.1 Å². The first-order valence-corrected chi connectivity index (χ1v) is 15.8. The maximum absolute atomic E-state index is 12.4. The molecule has 4 nitrogen and oxygen atoms in total. The van der Waals surface area contributed by atoms with E-state index in [0.717, 1.165) is 96.3 Å². The Morgan fingerprint density at radius 3 is 1.79 bits per heavy atom. The average molecular weight is 543 g/mol. The number of unbranched alkanes of at least 4 members (excludes halogenated alkanes) is 10. The molecular formula is C35H58O4. The maximum atomic E-state index is 12.4. The second-order valence-electron chi connectivity index (χ2n) is 10.3. The number of hydrogen-bond acceptors (Lipinski definition) is 3. The van der Waals surface area contributed by atoms with Crippen molar-refractivity contribution in [3.8, 4) is 0 Å². The Morgan fingerprint density at radius 2 is 1.15 bits per heavy atom. The number of carboxylic acids is 1. The number of hydrogen-bond donors (Lipinski definition) is 1. The van der Waals surface area contributed by atoms with E-state index in [9.17, 15) is 9.59 Å². The number of ether oxygens (including phenoxy) is 1. The summed E-state index contributed by atoms with van der Waals surface area (Å²) in [5.74, 6) is -0.824. The molecule has 0 aliphatic carbocycles. The fourth-order valence-electron chi connectivity index (χ4n) is 4.14. The second kappa shape index (κ2) is 30.2. The van der Waals surface area contributed by atoms with Crippen molar-refractivity contribution < 1.29 is 19.4 Å². The highest BCUT2D eigenvalue weighted by molar-refractivity contribution is 5.69. The standard InChI is InChI=1S/C35H58O4/c1-3-5-7-9-10-11-12-13-14-15-16-17-18-19-20-22-28-32-35(38)39-33(29-25-21-8-6-4-2)30-26-23-24-27-31-34(36)37/h5,7,10-11,13-14,16-17,25,29,33H,3-4,6,8-9,12,15,18-24,26-28,30-32H2,1-2H3,(H,36,37)/b7-5-,11-10-,14-13-,17-16-,29-25-. The summed E-state index contributed by atoms with van der Waals surface area (Å²) in [6.45, 7) is 4.35. The van der Waals surface area contributed by atoms with E-state index in [0.29, 0.717) is 6.42 Å². The van der Waals surface area contributed by atoms with Crippen LogP contribution in [0.5, 0.6) is 0 Å². The van der Waals surface area contributed by atoms with Crippen molar-refractivity contribution in [1.82, 2.24) is 0 Å². The van der Waals surface area contributed by atoms with E-state index in [2.05, 4.69) is 74.6 Å². The van der Waals surface area contributed by atoms with Gasteiger partial charge in [0.1, 0.15) is 6.10 Å². The van der Waals surface area contributed by atoms with Crippen LogP contribution in [0.15, 0.2) is 60.8 Å². The van der Waals surface area contributed by atoms with Crippen molar-refractivity contribution >= 4 is 11.9 Å². The van der Waals surface area contributed by atoms with Crippen LogP contribution < -0.4 is 0 Å². The lowest BCUT2D eigenvalue weighted by Crippen LogP contribution is -2.16. The Bertz CT molecular complexity index is 714. The third kappa shape index (κ3) is 30.0. The fraction of sp³-hybridized carbons (Fsp3) is 0.657. The minimum absolute atomic E-state index is 0.0944. The van der Waals surface area contributed by atoms with E-state index in [1.165, 1.54) is 19.3 Å². The average Bonchev–Trinajstić information content (AvgIpc) is 2.91.